The summed E-state index contributed by atoms with van der Waals surface area (Å²) in [5.41, 5.74) is 0.437. The molecule has 4 saturated carbocycles. The lowest BCUT2D eigenvalue weighted by atomic mass is 9.47. The lowest BCUT2D eigenvalue weighted by Crippen LogP contribution is -2.61. The molecule has 5 fully saturated rings. The van der Waals surface area contributed by atoms with Crippen LogP contribution >= 0.6 is 0 Å². The Bertz CT molecular complexity index is 1070. The number of nitrogens with zero attached hydrogens (tertiary/aromatic N) is 1. The van der Waals surface area contributed by atoms with Gasteiger partial charge in [0.05, 0.1) is 18.1 Å². The van der Waals surface area contributed by atoms with Crippen LogP contribution in [0.4, 0.5) is 4.79 Å². The molecule has 7 rings (SSSR count). The van der Waals surface area contributed by atoms with Gasteiger partial charge >= 0.3 is 12.0 Å². The zero-order valence-electron chi connectivity index (χ0n) is 18.3. The molecular formula is C26H30N2O3. The van der Waals surface area contributed by atoms with E-state index in [1.165, 1.54) is 17.9 Å². The number of urea groups is 1. The smallest absolute Gasteiger partial charge is 0.318 e. The second-order valence-corrected chi connectivity index (χ2v) is 10.7. The van der Waals surface area contributed by atoms with Crippen molar-refractivity contribution in [3.8, 4) is 0 Å². The Balaban J connectivity index is 1.29. The second-order valence-electron chi connectivity index (χ2n) is 10.7. The maximum absolute atomic E-state index is 13.2. The van der Waals surface area contributed by atoms with Gasteiger partial charge in [0, 0.05) is 12.6 Å². The van der Waals surface area contributed by atoms with E-state index in [-0.39, 0.29) is 23.5 Å². The predicted octanol–water partition coefficient (Wildman–Crippen LogP) is 4.45. The Morgan fingerprint density at radius 2 is 1.77 bits per heavy atom. The van der Waals surface area contributed by atoms with Crippen molar-refractivity contribution in [3.63, 3.8) is 0 Å². The molecule has 31 heavy (non-hydrogen) atoms. The molecule has 2 aromatic carbocycles. The van der Waals surface area contributed by atoms with Crippen LogP contribution in [0.2, 0.25) is 0 Å². The first-order valence-corrected chi connectivity index (χ1v) is 11.6. The number of carbonyl (C=O) groups excluding carboxylic acids is 2. The van der Waals surface area contributed by atoms with Crippen molar-refractivity contribution in [2.45, 2.75) is 50.6 Å². The lowest BCUT2D eigenvalue weighted by Gasteiger charge is -2.60. The van der Waals surface area contributed by atoms with Gasteiger partial charge in [-0.25, -0.2) is 4.79 Å². The third-order valence-corrected chi connectivity index (χ3v) is 8.72. The van der Waals surface area contributed by atoms with Crippen LogP contribution in [0.5, 0.6) is 0 Å². The van der Waals surface area contributed by atoms with Crippen molar-refractivity contribution >= 4 is 22.8 Å². The molecule has 1 N–H and O–H groups in total. The van der Waals surface area contributed by atoms with Crippen LogP contribution in [0.3, 0.4) is 0 Å². The van der Waals surface area contributed by atoms with E-state index in [9.17, 15) is 9.59 Å². The van der Waals surface area contributed by atoms with Gasteiger partial charge in [-0.1, -0.05) is 36.4 Å². The highest BCUT2D eigenvalue weighted by molar-refractivity contribution is 5.84. The van der Waals surface area contributed by atoms with Crippen molar-refractivity contribution < 1.29 is 14.3 Å². The Morgan fingerprint density at radius 1 is 1.06 bits per heavy atom. The minimum Gasteiger partial charge on any atom is -0.469 e. The number of nitrogens with one attached hydrogen (secondary N) is 1. The normalized spacial score (nSPS) is 38.5. The van der Waals surface area contributed by atoms with Gasteiger partial charge in [0.15, 0.2) is 0 Å². The summed E-state index contributed by atoms with van der Waals surface area (Å²) >= 11 is 0. The molecule has 4 bridgehead atoms. The minimum atomic E-state index is -0.407. The average molecular weight is 419 g/mol. The van der Waals surface area contributed by atoms with Gasteiger partial charge in [-0.05, 0) is 79.2 Å². The molecule has 5 nitrogen and oxygen atoms in total. The number of hydrogen-bond donors (Lipinski definition) is 1. The summed E-state index contributed by atoms with van der Waals surface area (Å²) in [5.74, 6) is 1.37. The van der Waals surface area contributed by atoms with Crippen LogP contribution in [0.25, 0.3) is 10.8 Å². The molecule has 2 amide bonds. The van der Waals surface area contributed by atoms with Crippen molar-refractivity contribution in [3.05, 3.63) is 48.0 Å². The molecule has 0 spiro atoms. The maximum atomic E-state index is 13.2. The van der Waals surface area contributed by atoms with Gasteiger partial charge in [-0.2, -0.15) is 0 Å². The van der Waals surface area contributed by atoms with E-state index in [0.29, 0.717) is 24.3 Å². The number of hydrogen-bond acceptors (Lipinski definition) is 3. The fraction of sp³-hybridized carbons (Fsp3) is 0.538. The van der Waals surface area contributed by atoms with Gasteiger partial charge in [0.1, 0.15) is 0 Å². The predicted molar refractivity (Wildman–Crippen MR) is 118 cm³/mol. The Morgan fingerprint density at radius 3 is 2.48 bits per heavy atom. The van der Waals surface area contributed by atoms with Crippen LogP contribution in [0.15, 0.2) is 42.5 Å². The standard InChI is InChI=1S/C26H30N2O3/c1-25(21-8-7-17-5-3-4-6-18(17)11-21)15-28(24(30)27-25)22-19-9-16-10-20(22)14-26(12-16,13-19)23(29)31-2/h3-8,11,16,19-20,22H,9-10,12-15H2,1-2H3,(H,27,30). The number of methoxy groups -OCH3 is 1. The van der Waals surface area contributed by atoms with E-state index in [0.717, 1.165) is 37.7 Å². The van der Waals surface area contributed by atoms with Crippen LogP contribution in [0, 0.1) is 23.2 Å². The zero-order chi connectivity index (χ0) is 21.4. The Hall–Kier alpha value is -2.56. The van der Waals surface area contributed by atoms with Crippen molar-refractivity contribution in [1.82, 2.24) is 10.2 Å². The highest BCUT2D eigenvalue weighted by Crippen LogP contribution is 2.61. The van der Waals surface area contributed by atoms with E-state index in [4.69, 9.17) is 4.74 Å². The molecule has 1 heterocycles. The summed E-state index contributed by atoms with van der Waals surface area (Å²) in [4.78, 5) is 28.0. The number of amides is 2. The monoisotopic (exact) mass is 418 g/mol. The Kier molecular flexibility index (Phi) is 4.00. The van der Waals surface area contributed by atoms with Gasteiger partial charge < -0.3 is 15.0 Å². The molecule has 3 atom stereocenters. The highest BCUT2D eigenvalue weighted by Gasteiger charge is 2.61. The number of ether oxygens (including phenoxy) is 1. The largest absolute Gasteiger partial charge is 0.469 e. The van der Waals surface area contributed by atoms with Gasteiger partial charge in [0.2, 0.25) is 0 Å². The molecule has 0 radical (unpaired) electrons. The van der Waals surface area contributed by atoms with E-state index in [2.05, 4.69) is 59.6 Å². The van der Waals surface area contributed by atoms with Crippen LogP contribution in [0.1, 0.15) is 44.6 Å². The molecule has 2 aromatic rings. The van der Waals surface area contributed by atoms with E-state index >= 15 is 0 Å². The van der Waals surface area contributed by atoms with E-state index < -0.39 is 5.54 Å². The van der Waals surface area contributed by atoms with Crippen molar-refractivity contribution in [2.75, 3.05) is 13.7 Å². The quantitative estimate of drug-likeness (QED) is 0.750. The summed E-state index contributed by atoms with van der Waals surface area (Å²) in [7, 11) is 1.52. The number of carbonyl (C=O) groups is 2. The van der Waals surface area contributed by atoms with Crippen molar-refractivity contribution in [2.24, 2.45) is 23.2 Å². The van der Waals surface area contributed by atoms with Gasteiger partial charge in [0.25, 0.3) is 0 Å². The molecule has 5 heteroatoms. The number of esters is 1. The molecule has 162 valence electrons. The molecule has 5 aliphatic rings. The highest BCUT2D eigenvalue weighted by atomic mass is 16.5. The summed E-state index contributed by atoms with van der Waals surface area (Å²) in [6.45, 7) is 2.82. The maximum Gasteiger partial charge on any atom is 0.318 e. The van der Waals surface area contributed by atoms with Gasteiger partial charge in [-0.15, -0.1) is 0 Å². The third kappa shape index (κ3) is 2.74. The SMILES string of the molecule is COC(=O)C12CC3CC(C1)C(N1CC(C)(c4ccc5ccccc5c4)NC1=O)C(C3)C2. The van der Waals surface area contributed by atoms with Crippen LogP contribution < -0.4 is 5.32 Å². The zero-order valence-corrected chi connectivity index (χ0v) is 18.3. The number of fused-ring (bicyclic) bond motifs is 1. The summed E-state index contributed by atoms with van der Waals surface area (Å²) in [6, 6.07) is 15.1. The first kappa shape index (κ1) is 19.1. The fourth-order valence-electron chi connectivity index (χ4n) is 7.67. The van der Waals surface area contributed by atoms with E-state index in [1.807, 2.05) is 0 Å². The van der Waals surface area contributed by atoms with Crippen LogP contribution in [-0.4, -0.2) is 36.6 Å². The molecule has 1 saturated heterocycles. The minimum absolute atomic E-state index is 0.0303. The summed E-state index contributed by atoms with van der Waals surface area (Å²) in [5, 5.41) is 5.72. The molecule has 0 aromatic heterocycles. The molecule has 3 unspecified atom stereocenters. The topological polar surface area (TPSA) is 58.6 Å². The van der Waals surface area contributed by atoms with Gasteiger partial charge in [-0.3, -0.25) is 4.79 Å². The van der Waals surface area contributed by atoms with Crippen LogP contribution in [-0.2, 0) is 15.1 Å². The molecule has 1 aliphatic heterocycles. The van der Waals surface area contributed by atoms with Crippen molar-refractivity contribution in [1.29, 1.82) is 0 Å². The average Bonchev–Trinajstić information content (AvgIpc) is 3.07. The van der Waals surface area contributed by atoms with E-state index in [1.54, 1.807) is 0 Å². The second kappa shape index (κ2) is 6.47. The Labute approximate surface area is 183 Å². The number of benzene rings is 2. The lowest BCUT2D eigenvalue weighted by molar-refractivity contribution is -0.174. The summed E-state index contributed by atoms with van der Waals surface area (Å²) < 4.78 is 5.21. The third-order valence-electron chi connectivity index (χ3n) is 8.72. The molecular weight excluding hydrogens is 388 g/mol. The number of rotatable bonds is 3. The fourth-order valence-corrected chi connectivity index (χ4v) is 7.67. The molecule has 4 aliphatic carbocycles. The first-order valence-electron chi connectivity index (χ1n) is 11.6. The first-order chi connectivity index (χ1) is 14.9. The summed E-state index contributed by atoms with van der Waals surface area (Å²) in [6.07, 6.45) is 4.98.